The Labute approximate surface area is 102 Å². The van der Waals surface area contributed by atoms with Gasteiger partial charge < -0.3 is 15.2 Å². The van der Waals surface area contributed by atoms with Gasteiger partial charge in [0.1, 0.15) is 11.8 Å². The minimum atomic E-state index is -0.807. The van der Waals surface area contributed by atoms with Gasteiger partial charge in [0.2, 0.25) is 0 Å². The summed E-state index contributed by atoms with van der Waals surface area (Å²) in [7, 11) is 1.63. The largest absolute Gasteiger partial charge is 0.497 e. The zero-order valence-corrected chi connectivity index (χ0v) is 10.5. The van der Waals surface area contributed by atoms with E-state index in [1.807, 2.05) is 32.0 Å². The fourth-order valence-electron chi connectivity index (χ4n) is 1.63. The normalized spacial score (nSPS) is 12.2. The first-order valence-corrected chi connectivity index (χ1v) is 5.68. The van der Waals surface area contributed by atoms with Crippen LogP contribution in [0.1, 0.15) is 24.5 Å². The molecule has 0 aliphatic carbocycles. The third-order valence-corrected chi connectivity index (χ3v) is 2.80. The zero-order valence-electron chi connectivity index (χ0n) is 10.5. The van der Waals surface area contributed by atoms with Gasteiger partial charge in [-0.3, -0.25) is 4.79 Å². The number of methoxy groups -OCH3 is 1. The van der Waals surface area contributed by atoms with Crippen LogP contribution >= 0.6 is 0 Å². The lowest BCUT2D eigenvalue weighted by atomic mass is 10.1. The van der Waals surface area contributed by atoms with E-state index in [0.717, 1.165) is 16.9 Å². The van der Waals surface area contributed by atoms with Gasteiger partial charge in [-0.05, 0) is 36.6 Å². The molecule has 0 spiro atoms. The molecule has 17 heavy (non-hydrogen) atoms. The molecule has 2 N–H and O–H groups in total. The van der Waals surface area contributed by atoms with Crippen molar-refractivity contribution in [3.63, 3.8) is 0 Å². The zero-order chi connectivity index (χ0) is 12.8. The highest BCUT2D eigenvalue weighted by Gasteiger charge is 2.14. The molecule has 4 nitrogen and oxygen atoms in total. The number of carboxylic acids is 1. The molecule has 0 radical (unpaired) electrons. The first kappa shape index (κ1) is 13.5. The number of rotatable bonds is 6. The van der Waals surface area contributed by atoms with Crippen molar-refractivity contribution in [1.82, 2.24) is 5.32 Å². The van der Waals surface area contributed by atoms with Crippen LogP contribution in [0, 0.1) is 6.92 Å². The topological polar surface area (TPSA) is 58.6 Å². The first-order valence-electron chi connectivity index (χ1n) is 5.68. The number of hydrogen-bond donors (Lipinski definition) is 2. The fraction of sp³-hybridized carbons (Fsp3) is 0.462. The Bertz CT molecular complexity index is 390. The number of ether oxygens (including phenoxy) is 1. The minimum Gasteiger partial charge on any atom is -0.497 e. The molecule has 0 amide bonds. The average Bonchev–Trinajstić information content (AvgIpc) is 2.31. The van der Waals surface area contributed by atoms with Crippen LogP contribution in [-0.2, 0) is 11.3 Å². The smallest absolute Gasteiger partial charge is 0.320 e. The van der Waals surface area contributed by atoms with Gasteiger partial charge in [-0.25, -0.2) is 0 Å². The lowest BCUT2D eigenvalue weighted by Crippen LogP contribution is -2.35. The van der Waals surface area contributed by atoms with Crippen LogP contribution in [-0.4, -0.2) is 24.2 Å². The Morgan fingerprint density at radius 3 is 2.71 bits per heavy atom. The maximum Gasteiger partial charge on any atom is 0.320 e. The quantitative estimate of drug-likeness (QED) is 0.794. The molecule has 1 aromatic rings. The van der Waals surface area contributed by atoms with Gasteiger partial charge in [-0.1, -0.05) is 13.0 Å². The number of carboxylic acid groups (broad SMARTS) is 1. The molecule has 0 heterocycles. The van der Waals surface area contributed by atoms with Crippen LogP contribution in [0.3, 0.4) is 0 Å². The number of nitrogens with one attached hydrogen (secondary N) is 1. The molecule has 1 aromatic carbocycles. The number of carbonyl (C=O) groups is 1. The van der Waals surface area contributed by atoms with Crippen LogP contribution in [0.2, 0.25) is 0 Å². The third-order valence-electron chi connectivity index (χ3n) is 2.80. The maximum absolute atomic E-state index is 10.9. The SMILES string of the molecule is CC[C@@H](NCc1ccc(OC)cc1C)C(=O)O. The monoisotopic (exact) mass is 237 g/mol. The van der Waals surface area contributed by atoms with Crippen LogP contribution in [0.5, 0.6) is 5.75 Å². The van der Waals surface area contributed by atoms with Gasteiger partial charge >= 0.3 is 5.97 Å². The molecule has 0 aromatic heterocycles. The number of aliphatic carboxylic acids is 1. The number of aryl methyl sites for hydroxylation is 1. The highest BCUT2D eigenvalue weighted by atomic mass is 16.5. The van der Waals surface area contributed by atoms with E-state index in [0.29, 0.717) is 13.0 Å². The Balaban J connectivity index is 2.66. The molecule has 1 rings (SSSR count). The molecule has 0 aliphatic heterocycles. The van der Waals surface area contributed by atoms with E-state index in [2.05, 4.69) is 5.32 Å². The van der Waals surface area contributed by atoms with Gasteiger partial charge in [-0.2, -0.15) is 0 Å². The highest BCUT2D eigenvalue weighted by Crippen LogP contribution is 2.16. The molecular weight excluding hydrogens is 218 g/mol. The van der Waals surface area contributed by atoms with Gasteiger partial charge in [0, 0.05) is 6.54 Å². The van der Waals surface area contributed by atoms with Crippen molar-refractivity contribution in [2.45, 2.75) is 32.9 Å². The first-order chi connectivity index (χ1) is 8.08. The van der Waals surface area contributed by atoms with E-state index in [-0.39, 0.29) is 0 Å². The minimum absolute atomic E-state index is 0.489. The van der Waals surface area contributed by atoms with E-state index in [1.54, 1.807) is 7.11 Å². The van der Waals surface area contributed by atoms with Crippen LogP contribution < -0.4 is 10.1 Å². The molecule has 4 heteroatoms. The van der Waals surface area contributed by atoms with Gasteiger partial charge in [0.25, 0.3) is 0 Å². The molecule has 0 bridgehead atoms. The summed E-state index contributed by atoms with van der Waals surface area (Å²) in [5.74, 6) is 0.00944. The summed E-state index contributed by atoms with van der Waals surface area (Å²) in [4.78, 5) is 10.9. The van der Waals surface area contributed by atoms with Gasteiger partial charge in [0.05, 0.1) is 7.11 Å². The van der Waals surface area contributed by atoms with Crippen molar-refractivity contribution in [2.24, 2.45) is 0 Å². The summed E-state index contributed by atoms with van der Waals surface area (Å²) in [5.41, 5.74) is 2.18. The van der Waals surface area contributed by atoms with Gasteiger partial charge in [0.15, 0.2) is 0 Å². The predicted molar refractivity (Wildman–Crippen MR) is 66.3 cm³/mol. The molecule has 1 atom stereocenters. The Hall–Kier alpha value is -1.55. The van der Waals surface area contributed by atoms with Crippen LogP contribution in [0.25, 0.3) is 0 Å². The van der Waals surface area contributed by atoms with Crippen molar-refractivity contribution < 1.29 is 14.6 Å². The summed E-state index contributed by atoms with van der Waals surface area (Å²) in [6, 6.07) is 5.29. The lowest BCUT2D eigenvalue weighted by Gasteiger charge is -2.14. The second-order valence-electron chi connectivity index (χ2n) is 3.97. The van der Waals surface area contributed by atoms with Crippen molar-refractivity contribution in [3.05, 3.63) is 29.3 Å². The molecule has 94 valence electrons. The van der Waals surface area contributed by atoms with E-state index in [4.69, 9.17) is 9.84 Å². The second-order valence-corrected chi connectivity index (χ2v) is 3.97. The molecule has 0 unspecified atom stereocenters. The van der Waals surface area contributed by atoms with E-state index in [1.165, 1.54) is 0 Å². The van der Waals surface area contributed by atoms with Gasteiger partial charge in [-0.15, -0.1) is 0 Å². The Morgan fingerprint density at radius 2 is 2.24 bits per heavy atom. The number of hydrogen-bond acceptors (Lipinski definition) is 3. The Morgan fingerprint density at radius 1 is 1.53 bits per heavy atom. The van der Waals surface area contributed by atoms with E-state index in [9.17, 15) is 4.79 Å². The fourth-order valence-corrected chi connectivity index (χ4v) is 1.63. The molecule has 0 aliphatic rings. The van der Waals surface area contributed by atoms with Crippen molar-refractivity contribution in [2.75, 3.05) is 7.11 Å². The molecule has 0 fully saturated rings. The number of benzene rings is 1. The van der Waals surface area contributed by atoms with Crippen molar-refractivity contribution >= 4 is 5.97 Å². The van der Waals surface area contributed by atoms with E-state index < -0.39 is 12.0 Å². The van der Waals surface area contributed by atoms with Crippen LogP contribution in [0.15, 0.2) is 18.2 Å². The van der Waals surface area contributed by atoms with E-state index >= 15 is 0 Å². The van der Waals surface area contributed by atoms with Crippen molar-refractivity contribution in [3.8, 4) is 5.75 Å². The molecular formula is C13H19NO3. The summed E-state index contributed by atoms with van der Waals surface area (Å²) < 4.78 is 5.12. The highest BCUT2D eigenvalue weighted by molar-refractivity contribution is 5.73. The third kappa shape index (κ3) is 3.75. The van der Waals surface area contributed by atoms with Crippen molar-refractivity contribution in [1.29, 1.82) is 0 Å². The standard InChI is InChI=1S/C13H19NO3/c1-4-12(13(15)16)14-8-10-5-6-11(17-3)7-9(10)2/h5-7,12,14H,4,8H2,1-3H3,(H,15,16)/t12-/m1/s1. The average molecular weight is 237 g/mol. The second kappa shape index (κ2) is 6.25. The molecule has 0 saturated heterocycles. The predicted octanol–water partition coefficient (Wildman–Crippen LogP) is 1.96. The summed E-state index contributed by atoms with van der Waals surface area (Å²) in [6.45, 7) is 4.40. The van der Waals surface area contributed by atoms with Crippen LogP contribution in [0.4, 0.5) is 0 Å². The summed E-state index contributed by atoms with van der Waals surface area (Å²) >= 11 is 0. The lowest BCUT2D eigenvalue weighted by molar-refractivity contribution is -0.139. The molecule has 0 saturated carbocycles. The maximum atomic E-state index is 10.9. The summed E-state index contributed by atoms with van der Waals surface area (Å²) in [5, 5.41) is 11.9. The summed E-state index contributed by atoms with van der Waals surface area (Å²) in [6.07, 6.45) is 0.574. The Kier molecular flexibility index (Phi) is 4.97.